The van der Waals surface area contributed by atoms with Gasteiger partial charge in [-0.2, -0.15) is 0 Å². The van der Waals surface area contributed by atoms with Crippen molar-refractivity contribution in [3.63, 3.8) is 0 Å². The third-order valence-corrected chi connectivity index (χ3v) is 2.85. The van der Waals surface area contributed by atoms with Crippen molar-refractivity contribution in [2.24, 2.45) is 0 Å². The predicted molar refractivity (Wildman–Crippen MR) is 68.0 cm³/mol. The van der Waals surface area contributed by atoms with Gasteiger partial charge in [0.2, 0.25) is 0 Å². The number of nitrogens with one attached hydrogen (secondary N) is 2. The molecular weight excluding hydrogens is 234 g/mol. The molecule has 102 valence electrons. The van der Waals surface area contributed by atoms with Crippen LogP contribution < -0.4 is 10.6 Å². The van der Waals surface area contributed by atoms with Gasteiger partial charge in [0.25, 0.3) is 0 Å². The highest BCUT2D eigenvalue weighted by Crippen LogP contribution is 2.09. The zero-order valence-corrected chi connectivity index (χ0v) is 11.2. The Hall–Kier alpha value is -1.56. The maximum Gasteiger partial charge on any atom is 0.337 e. The van der Waals surface area contributed by atoms with Gasteiger partial charge in [-0.3, -0.25) is 4.90 Å². The fourth-order valence-corrected chi connectivity index (χ4v) is 1.75. The lowest BCUT2D eigenvalue weighted by Gasteiger charge is -2.26. The van der Waals surface area contributed by atoms with Gasteiger partial charge in [-0.05, 0) is 20.0 Å². The Bertz CT molecular complexity index is 348. The third kappa shape index (κ3) is 3.73. The molecule has 0 spiro atoms. The smallest absolute Gasteiger partial charge is 0.337 e. The average molecular weight is 255 g/mol. The normalized spacial score (nSPS) is 15.4. The molecule has 0 aromatic rings. The van der Waals surface area contributed by atoms with Crippen molar-refractivity contribution in [2.75, 3.05) is 32.8 Å². The summed E-state index contributed by atoms with van der Waals surface area (Å²) in [5.41, 5.74) is 1.14. The molecule has 0 atom stereocenters. The number of esters is 1. The summed E-state index contributed by atoms with van der Waals surface area (Å²) < 4.78 is 4.99. The SMILES string of the molecule is CCOC(=O)C1=C(CN(CC)CC)NC(=O)NC1. The topological polar surface area (TPSA) is 70.7 Å². The lowest BCUT2D eigenvalue weighted by Crippen LogP contribution is -2.46. The molecule has 1 heterocycles. The van der Waals surface area contributed by atoms with Crippen LogP contribution in [0.1, 0.15) is 20.8 Å². The van der Waals surface area contributed by atoms with Crippen LogP contribution in [-0.4, -0.2) is 49.7 Å². The Morgan fingerprint density at radius 2 is 2.00 bits per heavy atom. The van der Waals surface area contributed by atoms with E-state index in [9.17, 15) is 9.59 Å². The van der Waals surface area contributed by atoms with Crippen molar-refractivity contribution in [2.45, 2.75) is 20.8 Å². The maximum absolute atomic E-state index is 11.8. The van der Waals surface area contributed by atoms with E-state index >= 15 is 0 Å². The molecule has 0 aromatic carbocycles. The maximum atomic E-state index is 11.8. The summed E-state index contributed by atoms with van der Waals surface area (Å²) in [6, 6.07) is -0.273. The number of carbonyl (C=O) groups excluding carboxylic acids is 2. The summed E-state index contributed by atoms with van der Waals surface area (Å²) in [5, 5.41) is 5.28. The number of hydrogen-bond donors (Lipinski definition) is 2. The monoisotopic (exact) mass is 255 g/mol. The first-order valence-corrected chi connectivity index (χ1v) is 6.28. The summed E-state index contributed by atoms with van der Waals surface area (Å²) in [4.78, 5) is 25.2. The van der Waals surface area contributed by atoms with Crippen molar-refractivity contribution in [3.8, 4) is 0 Å². The van der Waals surface area contributed by atoms with E-state index in [1.54, 1.807) is 6.92 Å². The van der Waals surface area contributed by atoms with Gasteiger partial charge in [0.05, 0.1) is 18.7 Å². The predicted octanol–water partition coefficient (Wildman–Crippen LogP) is 0.458. The van der Waals surface area contributed by atoms with Crippen LogP contribution in [0.4, 0.5) is 4.79 Å². The highest BCUT2D eigenvalue weighted by molar-refractivity contribution is 5.93. The van der Waals surface area contributed by atoms with E-state index in [2.05, 4.69) is 15.5 Å². The van der Waals surface area contributed by atoms with E-state index in [1.807, 2.05) is 13.8 Å². The fourth-order valence-electron chi connectivity index (χ4n) is 1.75. The van der Waals surface area contributed by atoms with Gasteiger partial charge in [-0.25, -0.2) is 9.59 Å². The largest absolute Gasteiger partial charge is 0.463 e. The number of rotatable bonds is 6. The van der Waals surface area contributed by atoms with Gasteiger partial charge in [0.15, 0.2) is 0 Å². The first-order chi connectivity index (χ1) is 8.62. The minimum atomic E-state index is -0.368. The second kappa shape index (κ2) is 7.00. The highest BCUT2D eigenvalue weighted by Gasteiger charge is 2.24. The average Bonchev–Trinajstić information content (AvgIpc) is 2.36. The number of hydrogen-bond acceptors (Lipinski definition) is 4. The molecule has 6 nitrogen and oxygen atoms in total. The summed E-state index contributed by atoms with van der Waals surface area (Å²) in [5.74, 6) is -0.368. The fraction of sp³-hybridized carbons (Fsp3) is 0.667. The van der Waals surface area contributed by atoms with Crippen LogP contribution in [0, 0.1) is 0 Å². The lowest BCUT2D eigenvalue weighted by molar-refractivity contribution is -0.138. The molecule has 0 unspecified atom stereocenters. The molecule has 0 radical (unpaired) electrons. The quantitative estimate of drug-likeness (QED) is 0.676. The molecule has 0 bridgehead atoms. The first kappa shape index (κ1) is 14.5. The van der Waals surface area contributed by atoms with Crippen molar-refractivity contribution in [3.05, 3.63) is 11.3 Å². The Balaban J connectivity index is 2.87. The molecule has 2 N–H and O–H groups in total. The summed E-state index contributed by atoms with van der Waals surface area (Å²) >= 11 is 0. The lowest BCUT2D eigenvalue weighted by atomic mass is 10.1. The van der Waals surface area contributed by atoms with Crippen LogP contribution in [0.15, 0.2) is 11.3 Å². The van der Waals surface area contributed by atoms with Gasteiger partial charge >= 0.3 is 12.0 Å². The molecule has 2 amide bonds. The van der Waals surface area contributed by atoms with E-state index in [4.69, 9.17) is 4.74 Å². The number of ether oxygens (including phenoxy) is 1. The third-order valence-electron chi connectivity index (χ3n) is 2.85. The van der Waals surface area contributed by atoms with E-state index < -0.39 is 0 Å². The van der Waals surface area contributed by atoms with Crippen LogP contribution in [0.5, 0.6) is 0 Å². The second-order valence-electron chi connectivity index (χ2n) is 3.95. The van der Waals surface area contributed by atoms with Gasteiger partial charge in [-0.15, -0.1) is 0 Å². The van der Waals surface area contributed by atoms with Gasteiger partial charge in [-0.1, -0.05) is 13.8 Å². The van der Waals surface area contributed by atoms with Crippen LogP contribution >= 0.6 is 0 Å². The molecule has 18 heavy (non-hydrogen) atoms. The first-order valence-electron chi connectivity index (χ1n) is 6.28. The molecule has 1 aliphatic rings. The molecule has 6 heteroatoms. The molecule has 0 aliphatic carbocycles. The Labute approximate surface area is 107 Å². The summed E-state index contributed by atoms with van der Waals surface area (Å²) in [6.07, 6.45) is 0. The zero-order valence-electron chi connectivity index (χ0n) is 11.2. The minimum absolute atomic E-state index is 0.223. The highest BCUT2D eigenvalue weighted by atomic mass is 16.5. The van der Waals surface area contributed by atoms with E-state index in [0.717, 1.165) is 13.1 Å². The number of urea groups is 1. The molecular formula is C12H21N3O3. The number of likely N-dealkylation sites (N-methyl/N-ethyl adjacent to an activating group) is 1. The van der Waals surface area contributed by atoms with Crippen molar-refractivity contribution < 1.29 is 14.3 Å². The van der Waals surface area contributed by atoms with E-state index in [0.29, 0.717) is 24.4 Å². The van der Waals surface area contributed by atoms with Gasteiger partial charge in [0, 0.05) is 12.2 Å². The van der Waals surface area contributed by atoms with E-state index in [1.165, 1.54) is 0 Å². The molecule has 1 aliphatic heterocycles. The Kier molecular flexibility index (Phi) is 5.64. The summed E-state index contributed by atoms with van der Waals surface area (Å²) in [6.45, 7) is 8.66. The molecule has 0 aromatic heterocycles. The molecule has 0 saturated carbocycles. The molecule has 0 fully saturated rings. The molecule has 0 saturated heterocycles. The zero-order chi connectivity index (χ0) is 13.5. The Morgan fingerprint density at radius 1 is 1.33 bits per heavy atom. The van der Waals surface area contributed by atoms with Crippen LogP contribution in [0.25, 0.3) is 0 Å². The second-order valence-corrected chi connectivity index (χ2v) is 3.95. The standard InChI is InChI=1S/C12H21N3O3/c1-4-15(5-2)8-10-9(11(16)18-6-3)7-13-12(17)14-10/h4-8H2,1-3H3,(H2,13,14,17). The summed E-state index contributed by atoms with van der Waals surface area (Å²) in [7, 11) is 0. The van der Waals surface area contributed by atoms with Crippen molar-refractivity contribution in [1.82, 2.24) is 15.5 Å². The van der Waals surface area contributed by atoms with Crippen molar-refractivity contribution >= 4 is 12.0 Å². The van der Waals surface area contributed by atoms with Crippen LogP contribution in [0.3, 0.4) is 0 Å². The van der Waals surface area contributed by atoms with Gasteiger partial charge < -0.3 is 15.4 Å². The number of amides is 2. The number of carbonyl (C=O) groups is 2. The number of nitrogens with zero attached hydrogens (tertiary/aromatic N) is 1. The molecule has 1 rings (SSSR count). The van der Waals surface area contributed by atoms with Gasteiger partial charge in [0.1, 0.15) is 0 Å². The van der Waals surface area contributed by atoms with Crippen molar-refractivity contribution in [1.29, 1.82) is 0 Å². The van der Waals surface area contributed by atoms with E-state index in [-0.39, 0.29) is 18.5 Å². The minimum Gasteiger partial charge on any atom is -0.463 e. The van der Waals surface area contributed by atoms with Crippen LogP contribution in [0.2, 0.25) is 0 Å². The Morgan fingerprint density at radius 3 is 2.56 bits per heavy atom. The van der Waals surface area contributed by atoms with Crippen LogP contribution in [-0.2, 0) is 9.53 Å².